The topological polar surface area (TPSA) is 80.3 Å². The van der Waals surface area contributed by atoms with Crippen molar-refractivity contribution in [2.45, 2.75) is 134 Å². The molecule has 1 aliphatic heterocycles. The largest absolute Gasteiger partial charge is 0.469 e. The van der Waals surface area contributed by atoms with Crippen molar-refractivity contribution in [3.8, 4) is 0 Å². The summed E-state index contributed by atoms with van der Waals surface area (Å²) in [6.45, 7) is 30.6. The third-order valence-corrected chi connectivity index (χ3v) is 21.5. The molecule has 3 aliphatic rings. The molecule has 9 heteroatoms. The summed E-state index contributed by atoms with van der Waals surface area (Å²) in [6.07, 6.45) is 1.43. The average Bonchev–Trinajstić information content (AvgIpc) is 3.21. The van der Waals surface area contributed by atoms with Crippen LogP contribution in [0.15, 0.2) is 12.7 Å². The van der Waals surface area contributed by atoms with Crippen LogP contribution in [0.2, 0.25) is 34.8 Å². The molecule has 0 unspecified atom stereocenters. The lowest BCUT2D eigenvalue weighted by molar-refractivity contribution is -0.207. The fourth-order valence-electron chi connectivity index (χ4n) is 7.92. The highest BCUT2D eigenvalue weighted by atomic mass is 28.4. The third kappa shape index (κ3) is 5.31. The van der Waals surface area contributed by atoms with Crippen LogP contribution < -0.4 is 0 Å². The average molecular weight is 597 g/mol. The summed E-state index contributed by atoms with van der Waals surface area (Å²) >= 11 is 0. The van der Waals surface area contributed by atoms with Crippen LogP contribution in [0.1, 0.15) is 75.7 Å². The Morgan fingerprint density at radius 1 is 1.05 bits per heavy atom. The van der Waals surface area contributed by atoms with Gasteiger partial charge in [0.05, 0.1) is 31.8 Å². The van der Waals surface area contributed by atoms with Gasteiger partial charge in [0.25, 0.3) is 0 Å². The Kier molecular flexibility index (Phi) is 9.70. The molecule has 0 bridgehead atoms. The van der Waals surface area contributed by atoms with E-state index in [1.165, 1.54) is 14.0 Å². The first-order valence-corrected chi connectivity index (χ1v) is 20.2. The highest BCUT2D eigenvalue weighted by molar-refractivity contribution is 6.77. The van der Waals surface area contributed by atoms with E-state index in [-0.39, 0.29) is 46.9 Å². The normalized spacial score (nSPS) is 34.0. The zero-order chi connectivity index (χ0) is 30.6. The lowest BCUT2D eigenvalue weighted by Crippen LogP contribution is -2.64. The van der Waals surface area contributed by atoms with Crippen LogP contribution in [0.5, 0.6) is 0 Å². The Morgan fingerprint density at radius 3 is 2.02 bits per heavy atom. The van der Waals surface area contributed by atoms with E-state index >= 15 is 0 Å². The lowest BCUT2D eigenvalue weighted by atomic mass is 9.57. The van der Waals surface area contributed by atoms with Gasteiger partial charge >= 0.3 is 11.9 Å². The summed E-state index contributed by atoms with van der Waals surface area (Å²) < 4.78 is 32.5. The van der Waals surface area contributed by atoms with Gasteiger partial charge in [-0.3, -0.25) is 9.59 Å². The molecule has 0 radical (unpaired) electrons. The molecule has 230 valence electrons. The summed E-state index contributed by atoms with van der Waals surface area (Å²) in [5.74, 6) is -1.32. The van der Waals surface area contributed by atoms with Crippen molar-refractivity contribution in [3.63, 3.8) is 0 Å². The van der Waals surface area contributed by atoms with Crippen LogP contribution in [-0.2, 0) is 32.7 Å². The number of ether oxygens (including phenoxy) is 3. The molecule has 3 fully saturated rings. The second kappa shape index (κ2) is 11.6. The van der Waals surface area contributed by atoms with E-state index in [0.29, 0.717) is 29.7 Å². The molecule has 8 atom stereocenters. The molecule has 0 amide bonds. The molecular formula is C31H56O7Si2. The van der Waals surface area contributed by atoms with Gasteiger partial charge in [-0.05, 0) is 41.2 Å². The second-order valence-corrected chi connectivity index (χ2v) is 25.1. The van der Waals surface area contributed by atoms with Crippen LogP contribution in [0.3, 0.4) is 0 Å². The van der Waals surface area contributed by atoms with Crippen molar-refractivity contribution >= 4 is 28.6 Å². The van der Waals surface area contributed by atoms with Crippen LogP contribution in [0.25, 0.3) is 0 Å². The lowest BCUT2D eigenvalue weighted by Gasteiger charge is -2.53. The number of hydrogen-bond acceptors (Lipinski definition) is 7. The quantitative estimate of drug-likeness (QED) is 0.146. The number of hydrogen-bond donors (Lipinski definition) is 0. The summed E-state index contributed by atoms with van der Waals surface area (Å²) in [4.78, 5) is 25.5. The summed E-state index contributed by atoms with van der Waals surface area (Å²) in [6, 6.07) is 0. The van der Waals surface area contributed by atoms with E-state index < -0.39 is 34.3 Å². The number of carbonyl (C=O) groups excluding carboxylic acids is 2. The molecule has 7 nitrogen and oxygen atoms in total. The van der Waals surface area contributed by atoms with Gasteiger partial charge in [0.15, 0.2) is 8.32 Å². The van der Waals surface area contributed by atoms with Gasteiger partial charge in [0.1, 0.15) is 11.7 Å². The van der Waals surface area contributed by atoms with Crippen LogP contribution >= 0.6 is 0 Å². The zero-order valence-corrected chi connectivity index (χ0v) is 29.3. The summed E-state index contributed by atoms with van der Waals surface area (Å²) in [5, 5.41) is 0.0134. The minimum atomic E-state index is -2.32. The monoisotopic (exact) mass is 596 g/mol. The number of carbonyl (C=O) groups is 2. The molecule has 1 saturated heterocycles. The van der Waals surface area contributed by atoms with Gasteiger partial charge in [-0.1, -0.05) is 68.4 Å². The van der Waals surface area contributed by atoms with Gasteiger partial charge in [-0.25, -0.2) is 0 Å². The second-order valence-electron chi connectivity index (χ2n) is 14.9. The van der Waals surface area contributed by atoms with Crippen molar-refractivity contribution in [2.75, 3.05) is 13.7 Å². The van der Waals surface area contributed by atoms with Gasteiger partial charge in [-0.15, -0.1) is 6.58 Å². The van der Waals surface area contributed by atoms with Crippen LogP contribution in [0, 0.1) is 23.7 Å². The molecule has 0 N–H and O–H groups in total. The number of methoxy groups -OCH3 is 1. The van der Waals surface area contributed by atoms with Gasteiger partial charge in [0.2, 0.25) is 8.32 Å². The van der Waals surface area contributed by atoms with Gasteiger partial charge < -0.3 is 23.1 Å². The molecular weight excluding hydrogens is 541 g/mol. The maximum atomic E-state index is 13.0. The molecule has 1 heterocycles. The summed E-state index contributed by atoms with van der Waals surface area (Å²) in [5.41, 5.74) is 0.316. The Morgan fingerprint density at radius 2 is 1.60 bits per heavy atom. The van der Waals surface area contributed by atoms with Gasteiger partial charge in [0, 0.05) is 24.7 Å². The zero-order valence-electron chi connectivity index (χ0n) is 27.3. The molecule has 2 aliphatic carbocycles. The van der Waals surface area contributed by atoms with Crippen molar-refractivity contribution < 1.29 is 32.7 Å². The van der Waals surface area contributed by atoms with E-state index in [0.717, 1.165) is 0 Å². The SMILES string of the molecule is C=C[C@@H]1[C@@H](O[Si](C(C)C)(C(C)C)C(C)C)[C@H](OC(C)=O)[C@H]2[C@@H]1O[C@]1(CO[Si](C)(C)C(C)(C)C)[C@@H](C(=O)OC)C[C@H]21. The Labute approximate surface area is 245 Å². The predicted molar refractivity (Wildman–Crippen MR) is 163 cm³/mol. The Bertz CT molecular complexity index is 934. The standard InChI is InChI=1S/C31H56O7Si2/c1-15-22-26-25(28(36-21(8)32)27(22)38-40(18(2)3,19(4)5)20(6)7)23-16-24(29(33)34-12)31(23,37-26)17-35-39(13,14)30(9,10)11/h15,18-20,22-28H,1,16-17H2,2-14H3/t22-,23+,24+,25+,26+,27+,28+,31-/m0/s1. The van der Waals surface area contributed by atoms with E-state index in [1.807, 2.05) is 6.08 Å². The van der Waals surface area contributed by atoms with Gasteiger partial charge in [-0.2, -0.15) is 0 Å². The molecule has 2 saturated carbocycles. The van der Waals surface area contributed by atoms with Crippen molar-refractivity contribution in [1.82, 2.24) is 0 Å². The molecule has 3 rings (SSSR count). The highest BCUT2D eigenvalue weighted by Crippen LogP contribution is 2.64. The number of esters is 2. The fraction of sp³-hybridized carbons (Fsp3) is 0.871. The molecule has 0 aromatic carbocycles. The molecule has 0 aromatic heterocycles. The van der Waals surface area contributed by atoms with Crippen molar-refractivity contribution in [2.24, 2.45) is 23.7 Å². The number of fused-ring (bicyclic) bond motifs is 3. The minimum absolute atomic E-state index is 0.0134. The van der Waals surface area contributed by atoms with Crippen LogP contribution in [-0.4, -0.2) is 66.2 Å². The molecule has 0 spiro atoms. The first kappa shape index (κ1) is 33.5. The molecule has 40 heavy (non-hydrogen) atoms. The highest BCUT2D eigenvalue weighted by Gasteiger charge is 2.75. The van der Waals surface area contributed by atoms with E-state index in [9.17, 15) is 9.59 Å². The van der Waals surface area contributed by atoms with E-state index in [1.54, 1.807) is 0 Å². The summed E-state index contributed by atoms with van der Waals surface area (Å²) in [7, 11) is -3.02. The van der Waals surface area contributed by atoms with Crippen LogP contribution in [0.4, 0.5) is 0 Å². The van der Waals surface area contributed by atoms with E-state index in [2.05, 4.69) is 82.0 Å². The maximum absolute atomic E-state index is 13.0. The Hall–Kier alpha value is -1.01. The van der Waals surface area contributed by atoms with Crippen molar-refractivity contribution in [1.29, 1.82) is 0 Å². The van der Waals surface area contributed by atoms with E-state index in [4.69, 9.17) is 23.1 Å². The number of rotatable bonds is 11. The predicted octanol–water partition coefficient (Wildman–Crippen LogP) is 6.88. The van der Waals surface area contributed by atoms with Crippen molar-refractivity contribution in [3.05, 3.63) is 12.7 Å². The third-order valence-electron chi connectivity index (χ3n) is 10.9. The minimum Gasteiger partial charge on any atom is -0.469 e. The first-order valence-electron chi connectivity index (χ1n) is 15.2. The maximum Gasteiger partial charge on any atom is 0.311 e. The smallest absolute Gasteiger partial charge is 0.311 e. The molecule has 0 aromatic rings. The Balaban J connectivity index is 2.06. The fourth-order valence-corrected chi connectivity index (χ4v) is 14.5. The first-order chi connectivity index (χ1) is 18.3.